The zero-order valence-corrected chi connectivity index (χ0v) is 8.38. The molecule has 2 N–H and O–H groups in total. The number of fused-ring (bicyclic) bond motifs is 2. The second-order valence-electron chi connectivity index (χ2n) is 5.30. The molecule has 0 aliphatic heterocycles. The zero-order chi connectivity index (χ0) is 9.47. The molecule has 2 bridgehead atoms. The molecule has 2 rings (SSSR count). The molecule has 13 heavy (non-hydrogen) atoms. The Morgan fingerprint density at radius 1 is 1.54 bits per heavy atom. The van der Waals surface area contributed by atoms with Gasteiger partial charge in [-0.05, 0) is 49.4 Å². The molecule has 0 saturated heterocycles. The lowest BCUT2D eigenvalue weighted by molar-refractivity contribution is -0.120. The minimum Gasteiger partial charge on any atom is -0.370 e. The van der Waals surface area contributed by atoms with Crippen LogP contribution in [0.2, 0.25) is 0 Å². The van der Waals surface area contributed by atoms with Crippen LogP contribution in [0.5, 0.6) is 0 Å². The minimum absolute atomic E-state index is 0.102. The number of hydrogen-bond acceptors (Lipinski definition) is 1. The molecule has 3 atom stereocenters. The van der Waals surface area contributed by atoms with E-state index in [-0.39, 0.29) is 5.91 Å². The molecule has 0 aromatic carbocycles. The van der Waals surface area contributed by atoms with Gasteiger partial charge in [0.15, 0.2) is 0 Å². The van der Waals surface area contributed by atoms with E-state index in [0.29, 0.717) is 11.8 Å². The molecule has 2 heteroatoms. The largest absolute Gasteiger partial charge is 0.370 e. The Bertz CT molecular complexity index is 226. The van der Waals surface area contributed by atoms with Gasteiger partial charge in [0.25, 0.3) is 0 Å². The van der Waals surface area contributed by atoms with Crippen molar-refractivity contribution in [2.24, 2.45) is 23.0 Å². The van der Waals surface area contributed by atoms with Gasteiger partial charge in [-0.15, -0.1) is 0 Å². The summed E-state index contributed by atoms with van der Waals surface area (Å²) in [5, 5.41) is 0. The first kappa shape index (κ1) is 9.04. The molecule has 0 aromatic heterocycles. The Labute approximate surface area is 79.9 Å². The molecule has 2 aliphatic rings. The zero-order valence-electron chi connectivity index (χ0n) is 8.38. The summed E-state index contributed by atoms with van der Waals surface area (Å²) in [4.78, 5) is 11.0. The van der Waals surface area contributed by atoms with E-state index < -0.39 is 0 Å². The van der Waals surface area contributed by atoms with Crippen molar-refractivity contribution in [2.45, 2.75) is 45.4 Å². The van der Waals surface area contributed by atoms with E-state index in [2.05, 4.69) is 6.92 Å². The normalized spacial score (nSPS) is 43.5. The number of nitrogens with two attached hydrogens (primary N) is 1. The van der Waals surface area contributed by atoms with Crippen molar-refractivity contribution < 1.29 is 4.79 Å². The SMILES string of the molecule is CC1CC2CCC(CC(N)=O)(C1)C2. The van der Waals surface area contributed by atoms with Crippen LogP contribution in [-0.2, 0) is 4.79 Å². The van der Waals surface area contributed by atoms with Crippen LogP contribution in [-0.4, -0.2) is 5.91 Å². The van der Waals surface area contributed by atoms with Crippen LogP contribution in [0.15, 0.2) is 0 Å². The first-order chi connectivity index (χ1) is 6.10. The number of primary amides is 1. The maximum absolute atomic E-state index is 11.0. The van der Waals surface area contributed by atoms with Gasteiger partial charge in [-0.25, -0.2) is 0 Å². The molecule has 0 spiro atoms. The molecular weight excluding hydrogens is 162 g/mol. The van der Waals surface area contributed by atoms with Gasteiger partial charge in [-0.3, -0.25) is 4.79 Å². The second kappa shape index (κ2) is 3.00. The third-order valence-corrected chi connectivity index (χ3v) is 3.87. The molecule has 1 amide bonds. The quantitative estimate of drug-likeness (QED) is 0.696. The average Bonchev–Trinajstić information content (AvgIpc) is 2.24. The number of amides is 1. The van der Waals surface area contributed by atoms with E-state index >= 15 is 0 Å². The van der Waals surface area contributed by atoms with Crippen LogP contribution in [0.3, 0.4) is 0 Å². The van der Waals surface area contributed by atoms with Crippen molar-refractivity contribution in [3.8, 4) is 0 Å². The molecule has 0 radical (unpaired) electrons. The van der Waals surface area contributed by atoms with Crippen molar-refractivity contribution >= 4 is 5.91 Å². The molecule has 2 nitrogen and oxygen atoms in total. The summed E-state index contributed by atoms with van der Waals surface area (Å²) in [5.74, 6) is 1.60. The highest BCUT2D eigenvalue weighted by Crippen LogP contribution is 2.54. The Hall–Kier alpha value is -0.530. The van der Waals surface area contributed by atoms with Crippen molar-refractivity contribution in [3.63, 3.8) is 0 Å². The van der Waals surface area contributed by atoms with Gasteiger partial charge in [0.1, 0.15) is 0 Å². The fourth-order valence-corrected chi connectivity index (χ4v) is 3.71. The van der Waals surface area contributed by atoms with Crippen LogP contribution >= 0.6 is 0 Å². The van der Waals surface area contributed by atoms with Crippen LogP contribution in [0.25, 0.3) is 0 Å². The van der Waals surface area contributed by atoms with Crippen LogP contribution in [0.4, 0.5) is 0 Å². The molecule has 2 saturated carbocycles. The van der Waals surface area contributed by atoms with Crippen molar-refractivity contribution in [3.05, 3.63) is 0 Å². The Morgan fingerprint density at radius 3 is 3.00 bits per heavy atom. The number of hydrogen-bond donors (Lipinski definition) is 1. The van der Waals surface area contributed by atoms with Gasteiger partial charge in [-0.1, -0.05) is 6.92 Å². The van der Waals surface area contributed by atoms with Gasteiger partial charge in [0.2, 0.25) is 5.91 Å². The van der Waals surface area contributed by atoms with Gasteiger partial charge < -0.3 is 5.73 Å². The summed E-state index contributed by atoms with van der Waals surface area (Å²) in [6.07, 6.45) is 7.07. The summed E-state index contributed by atoms with van der Waals surface area (Å²) in [7, 11) is 0. The number of rotatable bonds is 2. The summed E-state index contributed by atoms with van der Waals surface area (Å²) >= 11 is 0. The highest BCUT2D eigenvalue weighted by Gasteiger charge is 2.44. The van der Waals surface area contributed by atoms with Crippen molar-refractivity contribution in [1.29, 1.82) is 0 Å². The fraction of sp³-hybridized carbons (Fsp3) is 0.909. The standard InChI is InChI=1S/C11H19NO/c1-8-4-9-2-3-11(5-8,6-9)7-10(12)13/h8-9H,2-7H2,1H3,(H2,12,13). The van der Waals surface area contributed by atoms with Crippen LogP contribution < -0.4 is 5.73 Å². The van der Waals surface area contributed by atoms with E-state index in [4.69, 9.17) is 5.73 Å². The monoisotopic (exact) mass is 181 g/mol. The fourth-order valence-electron chi connectivity index (χ4n) is 3.71. The molecule has 3 unspecified atom stereocenters. The predicted octanol–water partition coefficient (Wildman–Crippen LogP) is 2.08. The minimum atomic E-state index is -0.102. The summed E-state index contributed by atoms with van der Waals surface area (Å²) in [5.41, 5.74) is 5.62. The van der Waals surface area contributed by atoms with Crippen molar-refractivity contribution in [1.82, 2.24) is 0 Å². The molecule has 2 aliphatic carbocycles. The first-order valence-corrected chi connectivity index (χ1v) is 5.38. The summed E-state index contributed by atoms with van der Waals surface area (Å²) < 4.78 is 0. The molecule has 0 heterocycles. The number of carbonyl (C=O) groups excluding carboxylic acids is 1. The van der Waals surface area contributed by atoms with E-state index in [1.807, 2.05) is 0 Å². The number of carbonyl (C=O) groups is 1. The molecular formula is C11H19NO. The average molecular weight is 181 g/mol. The second-order valence-corrected chi connectivity index (χ2v) is 5.30. The van der Waals surface area contributed by atoms with Crippen molar-refractivity contribution in [2.75, 3.05) is 0 Å². The van der Waals surface area contributed by atoms with E-state index in [0.717, 1.165) is 11.8 Å². The third-order valence-electron chi connectivity index (χ3n) is 3.87. The van der Waals surface area contributed by atoms with Crippen LogP contribution in [0.1, 0.15) is 45.4 Å². The van der Waals surface area contributed by atoms with E-state index in [9.17, 15) is 4.79 Å². The van der Waals surface area contributed by atoms with Gasteiger partial charge in [-0.2, -0.15) is 0 Å². The lowest BCUT2D eigenvalue weighted by Crippen LogP contribution is -2.30. The topological polar surface area (TPSA) is 43.1 Å². The van der Waals surface area contributed by atoms with Crippen LogP contribution in [0, 0.1) is 17.3 Å². The van der Waals surface area contributed by atoms with Gasteiger partial charge >= 0.3 is 0 Å². The molecule has 0 aromatic rings. The summed E-state index contributed by atoms with van der Waals surface area (Å²) in [6, 6.07) is 0. The lowest BCUT2D eigenvalue weighted by atomic mass is 9.69. The molecule has 2 fully saturated rings. The summed E-state index contributed by atoms with van der Waals surface area (Å²) in [6.45, 7) is 2.31. The Balaban J connectivity index is 2.09. The van der Waals surface area contributed by atoms with Gasteiger partial charge in [0.05, 0.1) is 0 Å². The first-order valence-electron chi connectivity index (χ1n) is 5.38. The highest BCUT2D eigenvalue weighted by molar-refractivity contribution is 5.74. The lowest BCUT2D eigenvalue weighted by Gasteiger charge is -2.35. The predicted molar refractivity (Wildman–Crippen MR) is 52.0 cm³/mol. The third kappa shape index (κ3) is 1.72. The van der Waals surface area contributed by atoms with E-state index in [1.54, 1.807) is 0 Å². The highest BCUT2D eigenvalue weighted by atomic mass is 16.1. The molecule has 74 valence electrons. The smallest absolute Gasteiger partial charge is 0.217 e. The van der Waals surface area contributed by atoms with E-state index in [1.165, 1.54) is 32.1 Å². The Kier molecular flexibility index (Phi) is 2.09. The van der Waals surface area contributed by atoms with Gasteiger partial charge in [0, 0.05) is 6.42 Å². The maximum Gasteiger partial charge on any atom is 0.217 e. The Morgan fingerprint density at radius 2 is 2.31 bits per heavy atom. The maximum atomic E-state index is 11.0.